The predicted molar refractivity (Wildman–Crippen MR) is 73.2 cm³/mol. The Hall–Kier alpha value is -1.13. The molecule has 0 spiro atoms. The maximum Gasteiger partial charge on any atom is 0.125 e. The summed E-state index contributed by atoms with van der Waals surface area (Å²) in [6, 6.07) is 6.59. The summed E-state index contributed by atoms with van der Waals surface area (Å²) in [5.41, 5.74) is 2.07. The Kier molecular flexibility index (Phi) is 3.88. The number of hydrogen-bond acceptors (Lipinski definition) is 2. The monoisotopic (exact) mass is 311 g/mol. The third-order valence-corrected chi connectivity index (χ3v) is 3.72. The molecule has 2 rings (SSSR count). The highest BCUT2D eigenvalue weighted by atomic mass is 79.9. The van der Waals surface area contributed by atoms with Crippen LogP contribution in [0.25, 0.3) is 0 Å². The Morgan fingerprint density at radius 1 is 1.28 bits per heavy atom. The van der Waals surface area contributed by atoms with Gasteiger partial charge in [-0.05, 0) is 50.2 Å². The normalized spacial score (nSPS) is 12.7. The Labute approximate surface area is 114 Å². The standard InChI is InChI=1S/C14H15BrFNO/c1-8-6-13(18-9(8)2)14(17-3)11-5-4-10(16)7-12(11)15/h4-7,14,17H,1-3H3. The lowest BCUT2D eigenvalue weighted by molar-refractivity contribution is 0.442. The van der Waals surface area contributed by atoms with Crippen LogP contribution in [-0.2, 0) is 0 Å². The lowest BCUT2D eigenvalue weighted by atomic mass is 10.0. The first-order valence-corrected chi connectivity index (χ1v) is 6.51. The fraction of sp³-hybridized carbons (Fsp3) is 0.286. The van der Waals surface area contributed by atoms with Gasteiger partial charge in [-0.2, -0.15) is 0 Å². The van der Waals surface area contributed by atoms with Gasteiger partial charge in [0.05, 0.1) is 6.04 Å². The molecule has 2 nitrogen and oxygen atoms in total. The molecule has 0 saturated carbocycles. The third kappa shape index (κ3) is 2.49. The number of furan rings is 1. The first kappa shape index (κ1) is 13.3. The second kappa shape index (κ2) is 5.24. The van der Waals surface area contributed by atoms with E-state index in [4.69, 9.17) is 4.42 Å². The molecule has 1 atom stereocenters. The fourth-order valence-corrected chi connectivity index (χ4v) is 2.51. The summed E-state index contributed by atoms with van der Waals surface area (Å²) in [6.45, 7) is 3.94. The molecule has 1 aromatic carbocycles. The fourth-order valence-electron chi connectivity index (χ4n) is 1.93. The van der Waals surface area contributed by atoms with E-state index in [1.54, 1.807) is 6.07 Å². The van der Waals surface area contributed by atoms with Gasteiger partial charge in [0.2, 0.25) is 0 Å². The van der Waals surface area contributed by atoms with Crippen LogP contribution in [0.1, 0.15) is 28.7 Å². The van der Waals surface area contributed by atoms with E-state index in [1.807, 2.05) is 27.0 Å². The molecule has 0 aliphatic carbocycles. The average molecular weight is 312 g/mol. The van der Waals surface area contributed by atoms with Gasteiger partial charge in [-0.25, -0.2) is 4.39 Å². The Balaban J connectivity index is 2.45. The number of aryl methyl sites for hydroxylation is 2. The maximum absolute atomic E-state index is 13.1. The highest BCUT2D eigenvalue weighted by Crippen LogP contribution is 2.31. The van der Waals surface area contributed by atoms with Crippen LogP contribution in [0.4, 0.5) is 4.39 Å². The molecule has 0 aliphatic heterocycles. The molecular formula is C14H15BrFNO. The van der Waals surface area contributed by atoms with Crippen LogP contribution in [0.15, 0.2) is 33.2 Å². The molecule has 2 aromatic rings. The van der Waals surface area contributed by atoms with Crippen LogP contribution in [0, 0.1) is 19.7 Å². The van der Waals surface area contributed by atoms with E-state index in [9.17, 15) is 4.39 Å². The zero-order valence-corrected chi connectivity index (χ0v) is 12.1. The molecule has 96 valence electrons. The summed E-state index contributed by atoms with van der Waals surface area (Å²) >= 11 is 3.39. The van der Waals surface area contributed by atoms with Crippen molar-refractivity contribution in [1.82, 2.24) is 5.32 Å². The van der Waals surface area contributed by atoms with Gasteiger partial charge in [0.25, 0.3) is 0 Å². The van der Waals surface area contributed by atoms with Crippen LogP contribution in [0.2, 0.25) is 0 Å². The van der Waals surface area contributed by atoms with E-state index in [1.165, 1.54) is 12.1 Å². The van der Waals surface area contributed by atoms with Crippen molar-refractivity contribution in [2.45, 2.75) is 19.9 Å². The molecule has 0 bridgehead atoms. The molecular weight excluding hydrogens is 297 g/mol. The minimum absolute atomic E-state index is 0.0904. The van der Waals surface area contributed by atoms with E-state index < -0.39 is 0 Å². The molecule has 18 heavy (non-hydrogen) atoms. The Bertz CT molecular complexity index is 545. The first-order chi connectivity index (χ1) is 8.52. The van der Waals surface area contributed by atoms with E-state index in [0.29, 0.717) is 0 Å². The quantitative estimate of drug-likeness (QED) is 0.923. The smallest absolute Gasteiger partial charge is 0.125 e. The van der Waals surface area contributed by atoms with Crippen molar-refractivity contribution in [2.75, 3.05) is 7.05 Å². The van der Waals surface area contributed by atoms with Gasteiger partial charge in [-0.3, -0.25) is 0 Å². The highest BCUT2D eigenvalue weighted by molar-refractivity contribution is 9.10. The Morgan fingerprint density at radius 2 is 2.00 bits per heavy atom. The van der Waals surface area contributed by atoms with Crippen LogP contribution >= 0.6 is 15.9 Å². The van der Waals surface area contributed by atoms with E-state index in [-0.39, 0.29) is 11.9 Å². The lowest BCUT2D eigenvalue weighted by Crippen LogP contribution is -2.17. The van der Waals surface area contributed by atoms with Crippen LogP contribution in [-0.4, -0.2) is 7.05 Å². The minimum atomic E-state index is -0.257. The zero-order valence-electron chi connectivity index (χ0n) is 10.6. The molecule has 1 N–H and O–H groups in total. The van der Waals surface area contributed by atoms with Gasteiger partial charge < -0.3 is 9.73 Å². The van der Waals surface area contributed by atoms with Gasteiger partial charge in [-0.1, -0.05) is 22.0 Å². The summed E-state index contributed by atoms with van der Waals surface area (Å²) in [7, 11) is 1.85. The zero-order chi connectivity index (χ0) is 13.3. The molecule has 1 aromatic heterocycles. The van der Waals surface area contributed by atoms with Gasteiger partial charge in [0, 0.05) is 4.47 Å². The minimum Gasteiger partial charge on any atom is -0.464 e. The SMILES string of the molecule is CNC(c1cc(C)c(C)o1)c1ccc(F)cc1Br. The number of halogens is 2. The van der Waals surface area contributed by atoms with Gasteiger partial charge in [0.15, 0.2) is 0 Å². The second-order valence-electron chi connectivity index (χ2n) is 4.28. The van der Waals surface area contributed by atoms with E-state index in [2.05, 4.69) is 21.2 Å². The summed E-state index contributed by atoms with van der Waals surface area (Å²) in [5.74, 6) is 1.48. The molecule has 1 unspecified atom stereocenters. The van der Waals surface area contributed by atoms with Gasteiger partial charge >= 0.3 is 0 Å². The second-order valence-corrected chi connectivity index (χ2v) is 5.13. The van der Waals surface area contributed by atoms with Gasteiger partial charge in [0.1, 0.15) is 17.3 Å². The topological polar surface area (TPSA) is 25.2 Å². The van der Waals surface area contributed by atoms with E-state index >= 15 is 0 Å². The third-order valence-electron chi connectivity index (χ3n) is 3.03. The van der Waals surface area contributed by atoms with Crippen LogP contribution in [0.3, 0.4) is 0 Å². The summed E-state index contributed by atoms with van der Waals surface area (Å²) < 4.78 is 19.6. The molecule has 4 heteroatoms. The van der Waals surface area contributed by atoms with Crippen molar-refractivity contribution >= 4 is 15.9 Å². The van der Waals surface area contributed by atoms with Crippen molar-refractivity contribution in [3.63, 3.8) is 0 Å². The average Bonchev–Trinajstić information content (AvgIpc) is 2.63. The van der Waals surface area contributed by atoms with Crippen LogP contribution < -0.4 is 5.32 Å². The number of nitrogens with one attached hydrogen (secondary N) is 1. The van der Waals surface area contributed by atoms with Crippen molar-refractivity contribution in [2.24, 2.45) is 0 Å². The highest BCUT2D eigenvalue weighted by Gasteiger charge is 2.19. The largest absolute Gasteiger partial charge is 0.464 e. The number of rotatable bonds is 3. The number of hydrogen-bond donors (Lipinski definition) is 1. The molecule has 0 fully saturated rings. The molecule has 0 radical (unpaired) electrons. The van der Waals surface area contributed by atoms with E-state index in [0.717, 1.165) is 27.1 Å². The van der Waals surface area contributed by atoms with Crippen LogP contribution in [0.5, 0.6) is 0 Å². The maximum atomic E-state index is 13.1. The van der Waals surface area contributed by atoms with Crippen molar-refractivity contribution < 1.29 is 8.81 Å². The van der Waals surface area contributed by atoms with Crippen molar-refractivity contribution in [3.05, 3.63) is 57.2 Å². The molecule has 0 amide bonds. The lowest BCUT2D eigenvalue weighted by Gasteiger charge is -2.15. The predicted octanol–water partition coefficient (Wildman–Crippen LogP) is 4.11. The number of benzene rings is 1. The summed E-state index contributed by atoms with van der Waals surface area (Å²) in [6.07, 6.45) is 0. The van der Waals surface area contributed by atoms with Gasteiger partial charge in [-0.15, -0.1) is 0 Å². The molecule has 1 heterocycles. The summed E-state index contributed by atoms with van der Waals surface area (Å²) in [5, 5.41) is 3.19. The molecule has 0 saturated heterocycles. The van der Waals surface area contributed by atoms with Crippen molar-refractivity contribution in [3.8, 4) is 0 Å². The van der Waals surface area contributed by atoms with Crippen molar-refractivity contribution in [1.29, 1.82) is 0 Å². The molecule has 0 aliphatic rings. The summed E-state index contributed by atoms with van der Waals surface area (Å²) in [4.78, 5) is 0. The first-order valence-electron chi connectivity index (χ1n) is 5.72. The Morgan fingerprint density at radius 3 is 2.50 bits per heavy atom.